The van der Waals surface area contributed by atoms with E-state index in [2.05, 4.69) is 9.46 Å². The molecule has 2 heterocycles. The summed E-state index contributed by atoms with van der Waals surface area (Å²) in [6.45, 7) is 4.40. The molecule has 19 heavy (non-hydrogen) atoms. The van der Waals surface area contributed by atoms with Gasteiger partial charge in [0.1, 0.15) is 0 Å². The first-order chi connectivity index (χ1) is 8.81. The van der Waals surface area contributed by atoms with Gasteiger partial charge in [-0.15, -0.1) is 0 Å². The number of piperidine rings is 1. The molecule has 0 spiro atoms. The first-order valence-electron chi connectivity index (χ1n) is 6.31. The van der Waals surface area contributed by atoms with Gasteiger partial charge in [0.15, 0.2) is 0 Å². The van der Waals surface area contributed by atoms with Gasteiger partial charge in [0.2, 0.25) is 0 Å². The number of ether oxygens (including phenoxy) is 1. The maximum Gasteiger partial charge on any atom is 0.318 e. The Morgan fingerprint density at radius 2 is 1.95 bits per heavy atom. The van der Waals surface area contributed by atoms with Crippen molar-refractivity contribution >= 4 is 22.1 Å². The maximum atomic E-state index is 12.0. The van der Waals surface area contributed by atoms with Gasteiger partial charge in [0.05, 0.1) is 11.8 Å². The molecule has 7 nitrogen and oxygen atoms in total. The normalized spacial score (nSPS) is 28.6. The molecule has 2 fully saturated rings. The van der Waals surface area contributed by atoms with Crippen LogP contribution in [0.25, 0.3) is 0 Å². The molecule has 2 saturated heterocycles. The Labute approximate surface area is 112 Å². The lowest BCUT2D eigenvalue weighted by atomic mass is 9.89. The third-order valence-electron chi connectivity index (χ3n) is 3.40. The third kappa shape index (κ3) is 2.96. The summed E-state index contributed by atoms with van der Waals surface area (Å²) in [6.07, 6.45) is 0.331. The van der Waals surface area contributed by atoms with E-state index in [1.807, 2.05) is 13.8 Å². The molecule has 2 aliphatic heterocycles. The highest BCUT2D eigenvalue weighted by Crippen LogP contribution is 2.32. The van der Waals surface area contributed by atoms with Gasteiger partial charge < -0.3 is 4.74 Å². The molecular formula is C11H18N2O5S. The number of hydrogen-bond acceptors (Lipinski definition) is 5. The molecule has 2 rings (SSSR count). The molecule has 108 valence electrons. The summed E-state index contributed by atoms with van der Waals surface area (Å²) >= 11 is 0. The number of rotatable bonds is 4. The van der Waals surface area contributed by atoms with E-state index in [1.165, 1.54) is 4.31 Å². The number of hydrogen-bond donors (Lipinski definition) is 1. The van der Waals surface area contributed by atoms with Gasteiger partial charge in [-0.25, -0.2) is 4.72 Å². The van der Waals surface area contributed by atoms with E-state index >= 15 is 0 Å². The zero-order valence-electron chi connectivity index (χ0n) is 11.0. The predicted molar refractivity (Wildman–Crippen MR) is 66.0 cm³/mol. The van der Waals surface area contributed by atoms with E-state index < -0.39 is 34.0 Å². The molecule has 2 aliphatic rings. The third-order valence-corrected chi connectivity index (χ3v) is 4.94. The number of esters is 2. The van der Waals surface area contributed by atoms with Crippen molar-refractivity contribution in [2.45, 2.75) is 20.3 Å². The fraction of sp³-hybridized carbons (Fsp3) is 0.818. The Morgan fingerprint density at radius 3 is 2.58 bits per heavy atom. The van der Waals surface area contributed by atoms with E-state index in [-0.39, 0.29) is 19.0 Å². The Morgan fingerprint density at radius 1 is 1.32 bits per heavy atom. The summed E-state index contributed by atoms with van der Waals surface area (Å²) < 4.78 is 32.4. The molecule has 0 bridgehead atoms. The number of fused-ring (bicyclic) bond motifs is 1. The summed E-state index contributed by atoms with van der Waals surface area (Å²) in [5, 5.41) is 0. The Bertz CT molecular complexity index is 487. The highest BCUT2D eigenvalue weighted by Gasteiger charge is 2.49. The summed E-state index contributed by atoms with van der Waals surface area (Å²) in [4.78, 5) is 22.8. The van der Waals surface area contributed by atoms with Gasteiger partial charge in [-0.2, -0.15) is 12.7 Å². The summed E-state index contributed by atoms with van der Waals surface area (Å²) in [6, 6.07) is 0. The van der Waals surface area contributed by atoms with E-state index in [9.17, 15) is 18.0 Å². The number of nitrogens with zero attached hydrogens (tertiary/aromatic N) is 1. The van der Waals surface area contributed by atoms with Crippen molar-refractivity contribution in [2.75, 3.05) is 19.6 Å². The fourth-order valence-corrected chi connectivity index (χ4v) is 3.70. The zero-order chi connectivity index (χ0) is 14.2. The Balaban J connectivity index is 2.04. The van der Waals surface area contributed by atoms with Crippen LogP contribution in [-0.2, 0) is 24.5 Å². The molecule has 0 radical (unpaired) electrons. The van der Waals surface area contributed by atoms with Gasteiger partial charge in [0, 0.05) is 19.6 Å². The van der Waals surface area contributed by atoms with Gasteiger partial charge in [-0.1, -0.05) is 13.8 Å². The smallest absolute Gasteiger partial charge is 0.318 e. The molecular weight excluding hydrogens is 272 g/mol. The van der Waals surface area contributed by atoms with E-state index in [0.717, 1.165) is 0 Å². The lowest BCUT2D eigenvalue weighted by Crippen LogP contribution is -2.49. The molecule has 0 saturated carbocycles. The molecule has 0 amide bonds. The largest absolute Gasteiger partial charge is 0.393 e. The first-order valence-corrected chi connectivity index (χ1v) is 7.75. The second-order valence-corrected chi connectivity index (χ2v) is 7.10. The fourth-order valence-electron chi connectivity index (χ4n) is 2.28. The molecule has 0 aromatic heterocycles. The van der Waals surface area contributed by atoms with Crippen LogP contribution in [0.4, 0.5) is 0 Å². The van der Waals surface area contributed by atoms with Crippen molar-refractivity contribution in [3.05, 3.63) is 0 Å². The number of carbonyl (C=O) groups is 2. The van der Waals surface area contributed by atoms with Gasteiger partial charge in [-0.05, 0) is 12.3 Å². The van der Waals surface area contributed by atoms with Crippen LogP contribution in [-0.4, -0.2) is 44.3 Å². The average Bonchev–Trinajstić information content (AvgIpc) is 2.62. The predicted octanol–water partition coefficient (Wildman–Crippen LogP) is -0.502. The van der Waals surface area contributed by atoms with Crippen molar-refractivity contribution < 1.29 is 22.7 Å². The van der Waals surface area contributed by atoms with Crippen LogP contribution in [0.2, 0.25) is 0 Å². The van der Waals surface area contributed by atoms with E-state index in [1.54, 1.807) is 0 Å². The molecule has 0 aliphatic carbocycles. The van der Waals surface area contributed by atoms with Crippen molar-refractivity contribution in [1.29, 1.82) is 0 Å². The monoisotopic (exact) mass is 290 g/mol. The van der Waals surface area contributed by atoms with Crippen LogP contribution >= 0.6 is 0 Å². The van der Waals surface area contributed by atoms with Crippen LogP contribution in [0.15, 0.2) is 0 Å². The standard InChI is InChI=1S/C11H18N2O5S/c1-7(2)5-12-19(16,17)13-4-3-8-9(6-13)11(15)18-10(8)14/h7-9,12H,3-6H2,1-2H3. The average molecular weight is 290 g/mol. The van der Waals surface area contributed by atoms with Crippen LogP contribution < -0.4 is 4.72 Å². The van der Waals surface area contributed by atoms with E-state index in [4.69, 9.17) is 0 Å². The minimum absolute atomic E-state index is 0.0165. The van der Waals surface area contributed by atoms with Crippen molar-refractivity contribution in [2.24, 2.45) is 17.8 Å². The van der Waals surface area contributed by atoms with Gasteiger partial charge in [0.25, 0.3) is 10.2 Å². The first kappa shape index (κ1) is 14.4. The molecule has 1 N–H and O–H groups in total. The highest BCUT2D eigenvalue weighted by atomic mass is 32.2. The van der Waals surface area contributed by atoms with Crippen LogP contribution in [0, 0.1) is 17.8 Å². The Kier molecular flexibility index (Phi) is 3.93. The second kappa shape index (κ2) is 5.18. The van der Waals surface area contributed by atoms with Gasteiger partial charge >= 0.3 is 11.9 Å². The van der Waals surface area contributed by atoms with Crippen LogP contribution in [0.5, 0.6) is 0 Å². The van der Waals surface area contributed by atoms with Crippen molar-refractivity contribution in [1.82, 2.24) is 9.03 Å². The summed E-state index contributed by atoms with van der Waals surface area (Å²) in [5.41, 5.74) is 0. The lowest BCUT2D eigenvalue weighted by Gasteiger charge is -2.30. The summed E-state index contributed by atoms with van der Waals surface area (Å²) in [7, 11) is -3.59. The molecule has 0 aromatic carbocycles. The van der Waals surface area contributed by atoms with Crippen LogP contribution in [0.3, 0.4) is 0 Å². The van der Waals surface area contributed by atoms with Crippen molar-refractivity contribution in [3.8, 4) is 0 Å². The Hall–Kier alpha value is -0.990. The van der Waals surface area contributed by atoms with Gasteiger partial charge in [-0.3, -0.25) is 9.59 Å². The number of carbonyl (C=O) groups excluding carboxylic acids is 2. The SMILES string of the molecule is CC(C)CNS(=O)(=O)N1CCC2C(=O)OC(=O)C2C1. The minimum Gasteiger partial charge on any atom is -0.393 e. The van der Waals surface area contributed by atoms with Crippen LogP contribution in [0.1, 0.15) is 20.3 Å². The van der Waals surface area contributed by atoms with E-state index in [0.29, 0.717) is 13.0 Å². The molecule has 8 heteroatoms. The van der Waals surface area contributed by atoms with Crippen molar-refractivity contribution in [3.63, 3.8) is 0 Å². The molecule has 2 atom stereocenters. The second-order valence-electron chi connectivity index (χ2n) is 5.35. The topological polar surface area (TPSA) is 92.8 Å². The lowest BCUT2D eigenvalue weighted by molar-refractivity contribution is -0.153. The highest BCUT2D eigenvalue weighted by molar-refractivity contribution is 7.87. The maximum absolute atomic E-state index is 12.0. The zero-order valence-corrected chi connectivity index (χ0v) is 11.8. The quantitative estimate of drug-likeness (QED) is 0.556. The molecule has 0 aromatic rings. The number of cyclic esters (lactones) is 2. The summed E-state index contributed by atoms with van der Waals surface area (Å²) in [5.74, 6) is -2.08. The molecule has 2 unspecified atom stereocenters. The minimum atomic E-state index is -3.59. The number of nitrogens with one attached hydrogen (secondary N) is 1.